The van der Waals surface area contributed by atoms with Crippen molar-refractivity contribution in [3.05, 3.63) is 0 Å². The third-order valence-corrected chi connectivity index (χ3v) is 6.07. The number of alkyl halides is 2. The lowest BCUT2D eigenvalue weighted by Crippen LogP contribution is -2.31. The van der Waals surface area contributed by atoms with E-state index in [9.17, 15) is 13.6 Å². The van der Waals surface area contributed by atoms with Crippen molar-refractivity contribution in [3.63, 3.8) is 0 Å². The number of esters is 1. The molecule has 26 heavy (non-hydrogen) atoms. The second-order valence-electron chi connectivity index (χ2n) is 8.12. The quantitative estimate of drug-likeness (QED) is 0.428. The maximum atomic E-state index is 13.7. The van der Waals surface area contributed by atoms with Gasteiger partial charge in [0.1, 0.15) is 6.10 Å². The number of carbonyl (C=O) groups excluding carboxylic acids is 1. The molecule has 3 aliphatic rings. The van der Waals surface area contributed by atoms with Crippen molar-refractivity contribution in [2.45, 2.75) is 102 Å². The molecule has 3 rings (SSSR count). The first kappa shape index (κ1) is 20.0. The van der Waals surface area contributed by atoms with Gasteiger partial charge in [-0.3, -0.25) is 4.79 Å². The molecule has 1 unspecified atom stereocenters. The SMILES string of the molecule is CCCC(F)(F)CCCC[C@@H]1[C@H]2CC(=O)O[C@H]2C[C@H]1OC1CCCCO1. The molecule has 3 fully saturated rings. The average Bonchev–Trinajstić information content (AvgIpc) is 3.09. The third-order valence-electron chi connectivity index (χ3n) is 6.07. The zero-order chi connectivity index (χ0) is 18.6. The van der Waals surface area contributed by atoms with Crippen molar-refractivity contribution in [3.8, 4) is 0 Å². The highest BCUT2D eigenvalue weighted by molar-refractivity contribution is 5.72. The van der Waals surface area contributed by atoms with Crippen molar-refractivity contribution in [1.82, 2.24) is 0 Å². The van der Waals surface area contributed by atoms with E-state index >= 15 is 0 Å². The molecule has 0 amide bonds. The van der Waals surface area contributed by atoms with Crippen LogP contribution in [0.5, 0.6) is 0 Å². The van der Waals surface area contributed by atoms with Gasteiger partial charge in [0.2, 0.25) is 5.92 Å². The lowest BCUT2D eigenvalue weighted by Gasteiger charge is -2.30. The molecule has 150 valence electrons. The van der Waals surface area contributed by atoms with Gasteiger partial charge in [-0.1, -0.05) is 19.8 Å². The minimum absolute atomic E-state index is 0.0114. The van der Waals surface area contributed by atoms with E-state index < -0.39 is 5.92 Å². The second-order valence-corrected chi connectivity index (χ2v) is 8.12. The van der Waals surface area contributed by atoms with Crippen LogP contribution < -0.4 is 0 Å². The van der Waals surface area contributed by atoms with Crippen LogP contribution in [0.15, 0.2) is 0 Å². The number of ether oxygens (including phenoxy) is 3. The van der Waals surface area contributed by atoms with Crippen molar-refractivity contribution in [2.75, 3.05) is 6.61 Å². The molecule has 0 aromatic rings. The molecule has 6 heteroatoms. The van der Waals surface area contributed by atoms with Gasteiger partial charge >= 0.3 is 5.97 Å². The van der Waals surface area contributed by atoms with Crippen LogP contribution in [0.4, 0.5) is 8.78 Å². The molecule has 0 N–H and O–H groups in total. The zero-order valence-electron chi connectivity index (χ0n) is 15.8. The Hall–Kier alpha value is -0.750. The molecule has 1 aliphatic carbocycles. The first-order valence-corrected chi connectivity index (χ1v) is 10.3. The van der Waals surface area contributed by atoms with Crippen molar-refractivity contribution in [1.29, 1.82) is 0 Å². The molecule has 2 heterocycles. The minimum atomic E-state index is -2.55. The molecule has 2 saturated heterocycles. The molecular weight excluding hydrogens is 342 g/mol. The van der Waals surface area contributed by atoms with Gasteiger partial charge in [-0.2, -0.15) is 0 Å². The van der Waals surface area contributed by atoms with Gasteiger partial charge in [-0.15, -0.1) is 0 Å². The third kappa shape index (κ3) is 5.16. The highest BCUT2D eigenvalue weighted by Gasteiger charge is 2.50. The van der Waals surface area contributed by atoms with Gasteiger partial charge in [0, 0.05) is 31.8 Å². The van der Waals surface area contributed by atoms with Crippen LogP contribution in [0.25, 0.3) is 0 Å². The van der Waals surface area contributed by atoms with Crippen molar-refractivity contribution in [2.24, 2.45) is 11.8 Å². The van der Waals surface area contributed by atoms with Crippen LogP contribution in [0.2, 0.25) is 0 Å². The Kier molecular flexibility index (Phi) is 6.89. The topological polar surface area (TPSA) is 44.8 Å². The van der Waals surface area contributed by atoms with Gasteiger partial charge in [-0.05, 0) is 38.0 Å². The van der Waals surface area contributed by atoms with E-state index in [0.717, 1.165) is 38.7 Å². The summed E-state index contributed by atoms with van der Waals surface area (Å²) < 4.78 is 44.7. The van der Waals surface area contributed by atoms with Gasteiger partial charge in [-0.25, -0.2) is 8.78 Å². The number of carbonyl (C=O) groups is 1. The molecule has 4 nitrogen and oxygen atoms in total. The lowest BCUT2D eigenvalue weighted by molar-refractivity contribution is -0.197. The highest BCUT2D eigenvalue weighted by Crippen LogP contribution is 2.46. The molecule has 0 aromatic carbocycles. The highest BCUT2D eigenvalue weighted by atomic mass is 19.3. The molecule has 0 spiro atoms. The monoisotopic (exact) mass is 374 g/mol. The maximum Gasteiger partial charge on any atom is 0.306 e. The van der Waals surface area contributed by atoms with Crippen LogP contribution in [0.1, 0.15) is 77.6 Å². The molecule has 5 atom stereocenters. The van der Waals surface area contributed by atoms with Crippen LogP contribution in [0, 0.1) is 11.8 Å². The Balaban J connectivity index is 1.51. The van der Waals surface area contributed by atoms with Crippen LogP contribution >= 0.6 is 0 Å². The summed E-state index contributed by atoms with van der Waals surface area (Å²) >= 11 is 0. The number of unbranched alkanes of at least 4 members (excludes halogenated alkanes) is 1. The van der Waals surface area contributed by atoms with E-state index in [1.54, 1.807) is 6.92 Å². The van der Waals surface area contributed by atoms with Gasteiger partial charge in [0.25, 0.3) is 0 Å². The normalized spacial score (nSPS) is 34.7. The summed E-state index contributed by atoms with van der Waals surface area (Å²) in [4.78, 5) is 11.6. The number of halogens is 2. The van der Waals surface area contributed by atoms with Gasteiger partial charge in [0.15, 0.2) is 6.29 Å². The first-order chi connectivity index (χ1) is 12.5. The number of rotatable bonds is 9. The number of fused-ring (bicyclic) bond motifs is 1. The van der Waals surface area contributed by atoms with Crippen LogP contribution in [-0.2, 0) is 19.0 Å². The smallest absolute Gasteiger partial charge is 0.306 e. The minimum Gasteiger partial charge on any atom is -0.462 e. The number of hydrogen-bond donors (Lipinski definition) is 0. The molecule has 1 saturated carbocycles. The van der Waals surface area contributed by atoms with E-state index in [1.165, 1.54) is 0 Å². The molecule has 0 aromatic heterocycles. The predicted octanol–water partition coefficient (Wildman–Crippen LogP) is 4.85. The number of hydrogen-bond acceptors (Lipinski definition) is 4. The zero-order valence-corrected chi connectivity index (χ0v) is 15.8. The summed E-state index contributed by atoms with van der Waals surface area (Å²) in [5, 5.41) is 0. The lowest BCUT2D eigenvalue weighted by atomic mass is 9.87. The standard InChI is InChI=1S/C20H32F2O4/c1-2-9-20(21,22)10-5-3-7-14-15-12-18(23)25-17(15)13-16(14)26-19-8-4-6-11-24-19/h14-17,19H,2-13H2,1H3/t14-,15-,16-,17+,19?/m1/s1. The van der Waals surface area contributed by atoms with Crippen molar-refractivity contribution < 1.29 is 27.8 Å². The molecule has 0 radical (unpaired) electrons. The molecule has 0 bridgehead atoms. The van der Waals surface area contributed by atoms with E-state index in [-0.39, 0.29) is 49.1 Å². The fourth-order valence-corrected chi connectivity index (χ4v) is 4.78. The molecule has 2 aliphatic heterocycles. The van der Waals surface area contributed by atoms with E-state index in [0.29, 0.717) is 25.7 Å². The first-order valence-electron chi connectivity index (χ1n) is 10.3. The summed E-state index contributed by atoms with van der Waals surface area (Å²) in [5.74, 6) is -2.30. The Morgan fingerprint density at radius 2 is 2.08 bits per heavy atom. The fourth-order valence-electron chi connectivity index (χ4n) is 4.78. The Bertz CT molecular complexity index is 465. The summed E-state index contributed by atoms with van der Waals surface area (Å²) in [6, 6.07) is 0. The van der Waals surface area contributed by atoms with E-state index in [2.05, 4.69) is 0 Å². The predicted molar refractivity (Wildman–Crippen MR) is 92.9 cm³/mol. The van der Waals surface area contributed by atoms with Crippen molar-refractivity contribution >= 4 is 5.97 Å². The fraction of sp³-hybridized carbons (Fsp3) is 0.950. The Morgan fingerprint density at radius 1 is 1.23 bits per heavy atom. The summed E-state index contributed by atoms with van der Waals surface area (Å²) in [7, 11) is 0. The second kappa shape index (κ2) is 8.96. The summed E-state index contributed by atoms with van der Waals surface area (Å²) in [6.07, 6.45) is 6.52. The summed E-state index contributed by atoms with van der Waals surface area (Å²) in [6.45, 7) is 2.52. The Labute approximate surface area is 154 Å². The van der Waals surface area contributed by atoms with E-state index in [4.69, 9.17) is 14.2 Å². The van der Waals surface area contributed by atoms with Gasteiger partial charge in [0.05, 0.1) is 12.5 Å². The van der Waals surface area contributed by atoms with Crippen LogP contribution in [-0.4, -0.2) is 37.0 Å². The largest absolute Gasteiger partial charge is 0.462 e. The summed E-state index contributed by atoms with van der Waals surface area (Å²) in [5.41, 5.74) is 0. The van der Waals surface area contributed by atoms with Crippen LogP contribution in [0.3, 0.4) is 0 Å². The maximum absolute atomic E-state index is 13.7. The van der Waals surface area contributed by atoms with Gasteiger partial charge < -0.3 is 14.2 Å². The van der Waals surface area contributed by atoms with E-state index in [1.807, 2.05) is 0 Å². The molecular formula is C20H32F2O4. The Morgan fingerprint density at radius 3 is 2.81 bits per heavy atom. The average molecular weight is 374 g/mol.